The zero-order chi connectivity index (χ0) is 14.9. The number of alkyl halides is 3. The van der Waals surface area contributed by atoms with Gasteiger partial charge in [0, 0.05) is 5.69 Å². The molecule has 0 fully saturated rings. The van der Waals surface area contributed by atoms with Crippen molar-refractivity contribution in [2.24, 2.45) is 0 Å². The highest BCUT2D eigenvalue weighted by molar-refractivity contribution is 7.11. The van der Waals surface area contributed by atoms with E-state index in [2.05, 4.69) is 14.5 Å². The van der Waals surface area contributed by atoms with Gasteiger partial charge in [0.25, 0.3) is 11.2 Å². The average molecular weight is 320 g/mol. The predicted molar refractivity (Wildman–Crippen MR) is 70.9 cm³/mol. The van der Waals surface area contributed by atoms with E-state index in [1.165, 1.54) is 6.07 Å². The standard InChI is InChI=1S/C11H5ClF3N3OS/c1-16-8-9(19)18-20-10(8)17-5-2-3-7(12)6(4-5)11(13,14)15/h2-4,17H,(H,18,19). The number of H-pyrrole nitrogens is 1. The summed E-state index contributed by atoms with van der Waals surface area (Å²) in [6.45, 7) is 6.85. The van der Waals surface area contributed by atoms with Gasteiger partial charge in [0.05, 0.1) is 17.2 Å². The van der Waals surface area contributed by atoms with E-state index in [1.807, 2.05) is 0 Å². The number of rotatable bonds is 2. The third kappa shape index (κ3) is 2.79. The molecular formula is C11H5ClF3N3OS. The van der Waals surface area contributed by atoms with Crippen LogP contribution in [0.15, 0.2) is 23.0 Å². The summed E-state index contributed by atoms with van der Waals surface area (Å²) in [5.74, 6) is 0. The molecule has 0 amide bonds. The number of halogens is 4. The van der Waals surface area contributed by atoms with E-state index in [-0.39, 0.29) is 16.4 Å². The Morgan fingerprint density at radius 2 is 2.10 bits per heavy atom. The minimum atomic E-state index is -4.58. The third-order valence-corrected chi connectivity index (χ3v) is 3.43. The summed E-state index contributed by atoms with van der Waals surface area (Å²) in [6, 6.07) is 3.25. The second kappa shape index (κ2) is 5.19. The van der Waals surface area contributed by atoms with Gasteiger partial charge in [-0.05, 0) is 18.2 Å². The Bertz CT molecular complexity index is 745. The minimum absolute atomic E-state index is 0.0851. The quantitative estimate of drug-likeness (QED) is 0.806. The molecule has 0 aliphatic heterocycles. The average Bonchev–Trinajstić information content (AvgIpc) is 2.71. The molecule has 20 heavy (non-hydrogen) atoms. The minimum Gasteiger partial charge on any atom is -0.355 e. The molecule has 0 saturated carbocycles. The largest absolute Gasteiger partial charge is 0.417 e. The maximum absolute atomic E-state index is 12.7. The Balaban J connectivity index is 2.41. The van der Waals surface area contributed by atoms with Gasteiger partial charge in [-0.3, -0.25) is 9.17 Å². The fourth-order valence-corrected chi connectivity index (χ4v) is 2.35. The number of hydrogen-bond acceptors (Lipinski definition) is 3. The first-order valence-electron chi connectivity index (χ1n) is 5.05. The molecule has 0 bridgehead atoms. The number of benzene rings is 1. The Morgan fingerprint density at radius 3 is 2.70 bits per heavy atom. The van der Waals surface area contributed by atoms with Crippen LogP contribution in [0, 0.1) is 6.57 Å². The highest BCUT2D eigenvalue weighted by Crippen LogP contribution is 2.37. The van der Waals surface area contributed by atoms with Gasteiger partial charge in [-0.2, -0.15) is 13.2 Å². The molecule has 2 aromatic rings. The molecule has 2 N–H and O–H groups in total. The molecule has 0 aliphatic rings. The van der Waals surface area contributed by atoms with E-state index in [1.54, 1.807) is 0 Å². The SMILES string of the molecule is [C-]#[N+]c1c(Nc2ccc(Cl)c(C(F)(F)F)c2)s[nH]c1=O. The van der Waals surface area contributed by atoms with Crippen molar-refractivity contribution in [3.05, 3.63) is 50.6 Å². The molecule has 0 atom stereocenters. The van der Waals surface area contributed by atoms with Crippen LogP contribution < -0.4 is 10.9 Å². The van der Waals surface area contributed by atoms with Crippen LogP contribution in [0.2, 0.25) is 5.02 Å². The Labute approximate surface area is 119 Å². The monoisotopic (exact) mass is 319 g/mol. The van der Waals surface area contributed by atoms with E-state index < -0.39 is 22.3 Å². The van der Waals surface area contributed by atoms with Gasteiger partial charge in [-0.25, -0.2) is 4.85 Å². The highest BCUT2D eigenvalue weighted by Gasteiger charge is 2.33. The number of nitrogens with one attached hydrogen (secondary N) is 2. The van der Waals surface area contributed by atoms with Crippen molar-refractivity contribution in [2.75, 3.05) is 5.32 Å². The summed E-state index contributed by atoms with van der Waals surface area (Å²) in [5.41, 5.74) is -1.69. The molecule has 0 aliphatic carbocycles. The van der Waals surface area contributed by atoms with Crippen molar-refractivity contribution in [1.29, 1.82) is 0 Å². The first-order valence-corrected chi connectivity index (χ1v) is 6.25. The third-order valence-electron chi connectivity index (χ3n) is 2.32. The maximum atomic E-state index is 12.7. The van der Waals surface area contributed by atoms with E-state index in [4.69, 9.17) is 18.2 Å². The van der Waals surface area contributed by atoms with Crippen molar-refractivity contribution in [3.63, 3.8) is 0 Å². The molecule has 9 heteroatoms. The summed E-state index contributed by atoms with van der Waals surface area (Å²) >= 11 is 6.33. The van der Waals surface area contributed by atoms with Crippen molar-refractivity contribution >= 4 is 39.5 Å². The van der Waals surface area contributed by atoms with Crippen molar-refractivity contribution in [3.8, 4) is 0 Å². The van der Waals surface area contributed by atoms with Crippen LogP contribution in [-0.2, 0) is 6.18 Å². The molecule has 2 rings (SSSR count). The lowest BCUT2D eigenvalue weighted by Gasteiger charge is -2.11. The van der Waals surface area contributed by atoms with E-state index >= 15 is 0 Å². The molecular weight excluding hydrogens is 315 g/mol. The molecule has 1 aromatic carbocycles. The van der Waals surface area contributed by atoms with Gasteiger partial charge in [-0.15, -0.1) is 0 Å². The van der Waals surface area contributed by atoms with E-state index in [0.717, 1.165) is 23.7 Å². The molecule has 1 heterocycles. The first kappa shape index (κ1) is 14.4. The number of hydrogen-bond donors (Lipinski definition) is 2. The summed E-state index contributed by atoms with van der Waals surface area (Å²) < 4.78 is 40.4. The lowest BCUT2D eigenvalue weighted by molar-refractivity contribution is -0.137. The van der Waals surface area contributed by atoms with Gasteiger partial charge in [0.1, 0.15) is 5.00 Å². The van der Waals surface area contributed by atoms with Crippen LogP contribution in [-0.4, -0.2) is 4.37 Å². The Kier molecular flexibility index (Phi) is 3.74. The van der Waals surface area contributed by atoms with E-state index in [9.17, 15) is 18.0 Å². The molecule has 0 saturated heterocycles. The van der Waals surface area contributed by atoms with Crippen molar-refractivity contribution in [1.82, 2.24) is 4.37 Å². The smallest absolute Gasteiger partial charge is 0.355 e. The fourth-order valence-electron chi connectivity index (χ4n) is 1.43. The van der Waals surface area contributed by atoms with Crippen molar-refractivity contribution in [2.45, 2.75) is 6.18 Å². The molecule has 0 spiro atoms. The lowest BCUT2D eigenvalue weighted by atomic mass is 10.2. The Hall–Kier alpha value is -1.98. The zero-order valence-electron chi connectivity index (χ0n) is 9.51. The molecule has 4 nitrogen and oxygen atoms in total. The number of aromatic amines is 1. The van der Waals surface area contributed by atoms with Gasteiger partial charge in [0.2, 0.25) is 0 Å². The molecule has 0 radical (unpaired) electrons. The molecule has 1 aromatic heterocycles. The van der Waals surface area contributed by atoms with Gasteiger partial charge < -0.3 is 5.32 Å². The van der Waals surface area contributed by atoms with Crippen LogP contribution in [0.25, 0.3) is 4.85 Å². The zero-order valence-corrected chi connectivity index (χ0v) is 11.1. The molecule has 104 valence electrons. The maximum Gasteiger partial charge on any atom is 0.417 e. The van der Waals surface area contributed by atoms with Gasteiger partial charge in [-0.1, -0.05) is 23.1 Å². The first-order chi connectivity index (χ1) is 9.32. The van der Waals surface area contributed by atoms with Crippen LogP contribution >= 0.6 is 23.1 Å². The fraction of sp³-hybridized carbons (Fsp3) is 0.0909. The molecule has 0 unspecified atom stereocenters. The van der Waals surface area contributed by atoms with Crippen LogP contribution in [0.1, 0.15) is 5.56 Å². The Morgan fingerprint density at radius 1 is 1.40 bits per heavy atom. The number of aromatic nitrogens is 1. The van der Waals surface area contributed by atoms with Gasteiger partial charge in [0.15, 0.2) is 0 Å². The van der Waals surface area contributed by atoms with Gasteiger partial charge >= 0.3 is 6.18 Å². The topological polar surface area (TPSA) is 49.2 Å². The summed E-state index contributed by atoms with van der Waals surface area (Å²) in [5, 5.41) is 2.33. The summed E-state index contributed by atoms with van der Waals surface area (Å²) in [7, 11) is 0. The highest BCUT2D eigenvalue weighted by atomic mass is 35.5. The van der Waals surface area contributed by atoms with Crippen LogP contribution in [0.4, 0.5) is 29.5 Å². The normalized spacial score (nSPS) is 11.2. The summed E-state index contributed by atoms with van der Waals surface area (Å²) in [6.07, 6.45) is -4.58. The van der Waals surface area contributed by atoms with Crippen molar-refractivity contribution < 1.29 is 13.2 Å². The van der Waals surface area contributed by atoms with Crippen LogP contribution in [0.3, 0.4) is 0 Å². The summed E-state index contributed by atoms with van der Waals surface area (Å²) in [4.78, 5) is 14.3. The van der Waals surface area contributed by atoms with E-state index in [0.29, 0.717) is 0 Å². The van der Waals surface area contributed by atoms with Crippen LogP contribution in [0.5, 0.6) is 0 Å². The number of anilines is 2. The number of nitrogens with zero attached hydrogens (tertiary/aromatic N) is 1. The lowest BCUT2D eigenvalue weighted by Crippen LogP contribution is -2.06. The second-order valence-corrected chi connectivity index (χ2v) is 4.86. The predicted octanol–water partition coefficient (Wildman–Crippen LogP) is 4.40. The second-order valence-electron chi connectivity index (χ2n) is 3.64.